The molecule has 1 N–H and O–H groups in total. The van der Waals surface area contributed by atoms with Gasteiger partial charge in [0, 0.05) is 37.3 Å². The zero-order valence-corrected chi connectivity index (χ0v) is 11.5. The van der Waals surface area contributed by atoms with Crippen LogP contribution in [0, 0.1) is 0 Å². The highest BCUT2D eigenvalue weighted by molar-refractivity contribution is 7.99. The molecule has 5 heteroatoms. The summed E-state index contributed by atoms with van der Waals surface area (Å²) in [5, 5.41) is 3.20. The topological polar surface area (TPSA) is 45.2 Å². The number of anilines is 1. The first-order valence-corrected chi connectivity index (χ1v) is 7.53. The summed E-state index contributed by atoms with van der Waals surface area (Å²) < 4.78 is 0. The third kappa shape index (κ3) is 3.38. The van der Waals surface area contributed by atoms with E-state index in [0.29, 0.717) is 5.69 Å². The molecule has 1 aromatic rings. The molecule has 0 unspecified atom stereocenters. The van der Waals surface area contributed by atoms with Crippen LogP contribution in [0.1, 0.15) is 23.8 Å². The lowest BCUT2D eigenvalue weighted by Crippen LogP contribution is -2.33. The summed E-state index contributed by atoms with van der Waals surface area (Å²) >= 11 is 1.92. The average molecular weight is 265 g/mol. The minimum atomic E-state index is 0.0530. The third-order valence-corrected chi connectivity index (χ3v) is 3.92. The molecule has 1 amide bonds. The molecule has 1 aliphatic rings. The van der Waals surface area contributed by atoms with E-state index >= 15 is 0 Å². The van der Waals surface area contributed by atoms with Gasteiger partial charge in [-0.25, -0.2) is 0 Å². The van der Waals surface area contributed by atoms with Crippen molar-refractivity contribution in [1.29, 1.82) is 0 Å². The highest BCUT2D eigenvalue weighted by atomic mass is 32.2. The maximum atomic E-state index is 12.3. The van der Waals surface area contributed by atoms with Gasteiger partial charge < -0.3 is 10.2 Å². The lowest BCUT2D eigenvalue weighted by molar-refractivity contribution is 0.0762. The predicted octanol–water partition coefficient (Wildman–Crippen LogP) is 2.09. The minimum Gasteiger partial charge on any atom is -0.385 e. The van der Waals surface area contributed by atoms with Crippen molar-refractivity contribution in [2.24, 2.45) is 0 Å². The Morgan fingerprint density at radius 1 is 1.50 bits per heavy atom. The van der Waals surface area contributed by atoms with Crippen LogP contribution in [0.3, 0.4) is 0 Å². The minimum absolute atomic E-state index is 0.0530. The molecule has 0 radical (unpaired) electrons. The molecule has 1 aromatic heterocycles. The number of pyridine rings is 1. The average Bonchev–Trinajstić information content (AvgIpc) is 2.67. The standard InChI is InChI=1S/C13H19N3OS/c1-2-14-11-4-5-15-12(10-11)13(17)16-6-3-8-18-9-7-16/h4-5,10H,2-3,6-9H2,1H3,(H,14,15). The second-order valence-corrected chi connectivity index (χ2v) is 5.44. The summed E-state index contributed by atoms with van der Waals surface area (Å²) in [4.78, 5) is 18.4. The highest BCUT2D eigenvalue weighted by Gasteiger charge is 2.18. The Hall–Kier alpha value is -1.23. The fraction of sp³-hybridized carbons (Fsp3) is 0.538. The summed E-state index contributed by atoms with van der Waals surface area (Å²) in [7, 11) is 0. The Morgan fingerprint density at radius 2 is 2.39 bits per heavy atom. The van der Waals surface area contributed by atoms with E-state index in [1.54, 1.807) is 6.20 Å². The first-order chi connectivity index (χ1) is 8.81. The van der Waals surface area contributed by atoms with Gasteiger partial charge in [-0.15, -0.1) is 0 Å². The monoisotopic (exact) mass is 265 g/mol. The van der Waals surface area contributed by atoms with Crippen molar-refractivity contribution in [3.63, 3.8) is 0 Å². The van der Waals surface area contributed by atoms with Gasteiger partial charge in [-0.3, -0.25) is 9.78 Å². The van der Waals surface area contributed by atoms with Crippen molar-refractivity contribution in [2.45, 2.75) is 13.3 Å². The molecule has 0 spiro atoms. The number of carbonyl (C=O) groups is 1. The van der Waals surface area contributed by atoms with Gasteiger partial charge >= 0.3 is 0 Å². The molecule has 0 aliphatic carbocycles. The molecule has 0 bridgehead atoms. The highest BCUT2D eigenvalue weighted by Crippen LogP contribution is 2.14. The zero-order valence-electron chi connectivity index (χ0n) is 10.7. The van der Waals surface area contributed by atoms with Gasteiger partial charge in [0.15, 0.2) is 0 Å². The number of amides is 1. The summed E-state index contributed by atoms with van der Waals surface area (Å²) in [5.41, 5.74) is 1.50. The van der Waals surface area contributed by atoms with Crippen molar-refractivity contribution >= 4 is 23.4 Å². The molecule has 0 aromatic carbocycles. The van der Waals surface area contributed by atoms with E-state index in [0.717, 1.165) is 43.2 Å². The van der Waals surface area contributed by atoms with E-state index in [4.69, 9.17) is 0 Å². The van der Waals surface area contributed by atoms with Crippen LogP contribution >= 0.6 is 11.8 Å². The van der Waals surface area contributed by atoms with Gasteiger partial charge in [0.25, 0.3) is 5.91 Å². The zero-order chi connectivity index (χ0) is 12.8. The smallest absolute Gasteiger partial charge is 0.272 e. The SMILES string of the molecule is CCNc1ccnc(C(=O)N2CCCSCC2)c1. The Balaban J connectivity index is 2.09. The summed E-state index contributed by atoms with van der Waals surface area (Å²) in [6, 6.07) is 3.72. The molecule has 98 valence electrons. The number of nitrogens with zero attached hydrogens (tertiary/aromatic N) is 2. The number of carbonyl (C=O) groups excluding carboxylic acids is 1. The molecular weight excluding hydrogens is 246 g/mol. The van der Waals surface area contributed by atoms with Gasteiger partial charge in [-0.05, 0) is 31.2 Å². The molecule has 2 rings (SSSR count). The van der Waals surface area contributed by atoms with E-state index in [1.807, 2.05) is 35.7 Å². The number of hydrogen-bond donors (Lipinski definition) is 1. The van der Waals surface area contributed by atoms with Crippen LogP contribution in [-0.2, 0) is 0 Å². The summed E-state index contributed by atoms with van der Waals surface area (Å²) in [6.45, 7) is 4.56. The number of nitrogens with one attached hydrogen (secondary N) is 1. The second-order valence-electron chi connectivity index (χ2n) is 4.22. The van der Waals surface area contributed by atoms with Crippen LogP contribution in [-0.4, -0.2) is 46.9 Å². The molecule has 1 fully saturated rings. The van der Waals surface area contributed by atoms with E-state index in [2.05, 4.69) is 10.3 Å². The maximum absolute atomic E-state index is 12.3. The maximum Gasteiger partial charge on any atom is 0.272 e. The van der Waals surface area contributed by atoms with Gasteiger partial charge in [0.05, 0.1) is 0 Å². The van der Waals surface area contributed by atoms with Crippen LogP contribution in [0.5, 0.6) is 0 Å². The third-order valence-electron chi connectivity index (χ3n) is 2.87. The number of thioether (sulfide) groups is 1. The molecule has 1 saturated heterocycles. The first kappa shape index (κ1) is 13.2. The van der Waals surface area contributed by atoms with E-state index in [1.165, 1.54) is 0 Å². The van der Waals surface area contributed by atoms with Gasteiger partial charge in [-0.1, -0.05) is 0 Å². The lowest BCUT2D eigenvalue weighted by atomic mass is 10.2. The molecule has 0 saturated carbocycles. The number of aromatic nitrogens is 1. The van der Waals surface area contributed by atoms with Gasteiger partial charge in [-0.2, -0.15) is 11.8 Å². The first-order valence-electron chi connectivity index (χ1n) is 6.38. The van der Waals surface area contributed by atoms with Gasteiger partial charge in [0.2, 0.25) is 0 Å². The van der Waals surface area contributed by atoms with Crippen LogP contribution in [0.4, 0.5) is 5.69 Å². The van der Waals surface area contributed by atoms with Crippen LogP contribution in [0.25, 0.3) is 0 Å². The Labute approximate surface area is 112 Å². The normalized spacial score (nSPS) is 16.2. The number of hydrogen-bond acceptors (Lipinski definition) is 4. The summed E-state index contributed by atoms with van der Waals surface area (Å²) in [5.74, 6) is 2.23. The van der Waals surface area contributed by atoms with Crippen LogP contribution in [0.15, 0.2) is 18.3 Å². The molecule has 0 atom stereocenters. The lowest BCUT2D eigenvalue weighted by Gasteiger charge is -2.19. The molecule has 2 heterocycles. The van der Waals surface area contributed by atoms with E-state index in [9.17, 15) is 4.79 Å². The molecule has 18 heavy (non-hydrogen) atoms. The second kappa shape index (κ2) is 6.64. The fourth-order valence-corrected chi connectivity index (χ4v) is 2.86. The van der Waals surface area contributed by atoms with E-state index < -0.39 is 0 Å². The Kier molecular flexibility index (Phi) is 4.87. The van der Waals surface area contributed by atoms with Crippen LogP contribution in [0.2, 0.25) is 0 Å². The van der Waals surface area contributed by atoms with E-state index in [-0.39, 0.29) is 5.91 Å². The number of rotatable bonds is 3. The quantitative estimate of drug-likeness (QED) is 0.909. The Bertz CT molecular complexity index is 403. The molecule has 4 nitrogen and oxygen atoms in total. The Morgan fingerprint density at radius 3 is 3.22 bits per heavy atom. The van der Waals surface area contributed by atoms with Crippen LogP contribution < -0.4 is 5.32 Å². The molecular formula is C13H19N3OS. The summed E-state index contributed by atoms with van der Waals surface area (Å²) in [6.07, 6.45) is 2.76. The van der Waals surface area contributed by atoms with Crippen molar-refractivity contribution in [3.8, 4) is 0 Å². The van der Waals surface area contributed by atoms with Gasteiger partial charge in [0.1, 0.15) is 5.69 Å². The van der Waals surface area contributed by atoms with Crippen molar-refractivity contribution < 1.29 is 4.79 Å². The fourth-order valence-electron chi connectivity index (χ4n) is 1.97. The largest absolute Gasteiger partial charge is 0.385 e. The van der Waals surface area contributed by atoms with Crippen molar-refractivity contribution in [3.05, 3.63) is 24.0 Å². The molecule has 1 aliphatic heterocycles. The predicted molar refractivity (Wildman–Crippen MR) is 76.2 cm³/mol. The van der Waals surface area contributed by atoms with Crippen molar-refractivity contribution in [1.82, 2.24) is 9.88 Å². The van der Waals surface area contributed by atoms with Crippen molar-refractivity contribution in [2.75, 3.05) is 36.5 Å².